The summed E-state index contributed by atoms with van der Waals surface area (Å²) in [5.41, 5.74) is 1.45. The molecule has 2 nitrogen and oxygen atoms in total. The Bertz CT molecular complexity index is 342. The largest absolute Gasteiger partial charge is 0.314 e. The van der Waals surface area contributed by atoms with Crippen molar-refractivity contribution in [2.45, 2.75) is 13.0 Å². The van der Waals surface area contributed by atoms with E-state index in [1.54, 1.807) is 0 Å². The number of thioether (sulfide) groups is 1. The normalized spacial score (nSPS) is 22.9. The van der Waals surface area contributed by atoms with Gasteiger partial charge in [0.25, 0.3) is 0 Å². The van der Waals surface area contributed by atoms with Gasteiger partial charge < -0.3 is 5.32 Å². The van der Waals surface area contributed by atoms with Gasteiger partial charge in [-0.2, -0.15) is 11.8 Å². The van der Waals surface area contributed by atoms with Crippen LogP contribution in [0.5, 0.6) is 0 Å². The molecule has 0 amide bonds. The Morgan fingerprint density at radius 1 is 1.39 bits per heavy atom. The van der Waals surface area contributed by atoms with Crippen LogP contribution in [0.1, 0.15) is 18.5 Å². The molecule has 1 aliphatic heterocycles. The van der Waals surface area contributed by atoms with Crippen LogP contribution in [-0.4, -0.2) is 43.1 Å². The number of hydrogen-bond acceptors (Lipinski definition) is 3. The minimum Gasteiger partial charge on any atom is -0.314 e. The standard InChI is InChI=1S/C15H24N2S/c1-13(12-18-2)11-17-9-8-16-10-15(17)14-6-4-3-5-7-14/h3-7,13,15-16H,8-12H2,1-2H3. The van der Waals surface area contributed by atoms with E-state index in [2.05, 4.69) is 53.7 Å². The maximum Gasteiger partial charge on any atom is 0.0473 e. The van der Waals surface area contributed by atoms with Crippen LogP contribution in [0.2, 0.25) is 0 Å². The molecule has 0 spiro atoms. The maximum absolute atomic E-state index is 3.52. The summed E-state index contributed by atoms with van der Waals surface area (Å²) in [6.07, 6.45) is 2.20. The Labute approximate surface area is 115 Å². The lowest BCUT2D eigenvalue weighted by Gasteiger charge is -2.38. The van der Waals surface area contributed by atoms with E-state index in [9.17, 15) is 0 Å². The highest BCUT2D eigenvalue weighted by molar-refractivity contribution is 7.98. The van der Waals surface area contributed by atoms with E-state index in [0.29, 0.717) is 6.04 Å². The summed E-state index contributed by atoms with van der Waals surface area (Å²) in [5.74, 6) is 2.02. The lowest BCUT2D eigenvalue weighted by Crippen LogP contribution is -2.47. The van der Waals surface area contributed by atoms with Crippen molar-refractivity contribution in [3.63, 3.8) is 0 Å². The Morgan fingerprint density at radius 2 is 2.17 bits per heavy atom. The fourth-order valence-corrected chi connectivity index (χ4v) is 3.38. The van der Waals surface area contributed by atoms with Crippen molar-refractivity contribution in [3.8, 4) is 0 Å². The zero-order valence-electron chi connectivity index (χ0n) is 11.4. The van der Waals surface area contributed by atoms with Crippen molar-refractivity contribution in [1.82, 2.24) is 10.2 Å². The molecule has 1 aliphatic rings. The number of benzene rings is 1. The van der Waals surface area contributed by atoms with E-state index in [0.717, 1.165) is 25.6 Å². The first-order chi connectivity index (χ1) is 8.81. The maximum atomic E-state index is 3.52. The van der Waals surface area contributed by atoms with Gasteiger partial charge in [-0.25, -0.2) is 0 Å². The van der Waals surface area contributed by atoms with Gasteiger partial charge in [0.2, 0.25) is 0 Å². The van der Waals surface area contributed by atoms with Crippen molar-refractivity contribution in [1.29, 1.82) is 0 Å². The molecule has 0 aromatic heterocycles. The molecule has 18 heavy (non-hydrogen) atoms. The average Bonchev–Trinajstić information content (AvgIpc) is 2.40. The van der Waals surface area contributed by atoms with E-state index in [1.807, 2.05) is 11.8 Å². The molecule has 0 saturated carbocycles. The molecule has 0 bridgehead atoms. The first-order valence-corrected chi connectivity index (χ1v) is 8.19. The molecule has 2 unspecified atom stereocenters. The Hall–Kier alpha value is -0.510. The van der Waals surface area contributed by atoms with Gasteiger partial charge in [-0.1, -0.05) is 37.3 Å². The molecule has 1 heterocycles. The van der Waals surface area contributed by atoms with Crippen LogP contribution in [-0.2, 0) is 0 Å². The Balaban J connectivity index is 2.02. The predicted molar refractivity (Wildman–Crippen MR) is 81.2 cm³/mol. The van der Waals surface area contributed by atoms with Gasteiger partial charge in [-0.15, -0.1) is 0 Å². The second-order valence-corrected chi connectivity index (χ2v) is 6.10. The molecule has 1 fully saturated rings. The van der Waals surface area contributed by atoms with Crippen molar-refractivity contribution in [3.05, 3.63) is 35.9 Å². The van der Waals surface area contributed by atoms with Gasteiger partial charge in [-0.3, -0.25) is 4.90 Å². The molecule has 3 heteroatoms. The quantitative estimate of drug-likeness (QED) is 0.880. The van der Waals surface area contributed by atoms with Gasteiger partial charge in [0.05, 0.1) is 0 Å². The second kappa shape index (κ2) is 7.17. The average molecular weight is 264 g/mol. The first kappa shape index (κ1) is 13.9. The van der Waals surface area contributed by atoms with E-state index in [1.165, 1.54) is 17.9 Å². The molecule has 1 aromatic rings. The summed E-state index contributed by atoms with van der Waals surface area (Å²) in [4.78, 5) is 2.65. The van der Waals surface area contributed by atoms with Crippen LogP contribution in [0.25, 0.3) is 0 Å². The van der Waals surface area contributed by atoms with Gasteiger partial charge >= 0.3 is 0 Å². The van der Waals surface area contributed by atoms with Gasteiger partial charge in [-0.05, 0) is 23.5 Å². The third-order valence-electron chi connectivity index (χ3n) is 3.54. The molecule has 2 rings (SSSR count). The zero-order chi connectivity index (χ0) is 12.8. The van der Waals surface area contributed by atoms with E-state index in [4.69, 9.17) is 0 Å². The third kappa shape index (κ3) is 3.74. The molecule has 0 radical (unpaired) electrons. The van der Waals surface area contributed by atoms with Gasteiger partial charge in [0.1, 0.15) is 0 Å². The van der Waals surface area contributed by atoms with E-state index in [-0.39, 0.29) is 0 Å². The molecule has 1 saturated heterocycles. The first-order valence-electron chi connectivity index (χ1n) is 6.80. The lowest BCUT2D eigenvalue weighted by atomic mass is 10.0. The predicted octanol–water partition coefficient (Wildman–Crippen LogP) is 2.63. The van der Waals surface area contributed by atoms with Gasteiger partial charge in [0, 0.05) is 32.2 Å². The van der Waals surface area contributed by atoms with Gasteiger partial charge in [0.15, 0.2) is 0 Å². The molecular weight excluding hydrogens is 240 g/mol. The van der Waals surface area contributed by atoms with Crippen molar-refractivity contribution < 1.29 is 0 Å². The number of nitrogens with zero attached hydrogens (tertiary/aromatic N) is 1. The highest BCUT2D eigenvalue weighted by Gasteiger charge is 2.24. The van der Waals surface area contributed by atoms with E-state index >= 15 is 0 Å². The highest BCUT2D eigenvalue weighted by Crippen LogP contribution is 2.23. The van der Waals surface area contributed by atoms with E-state index < -0.39 is 0 Å². The topological polar surface area (TPSA) is 15.3 Å². The molecule has 0 aliphatic carbocycles. The van der Waals surface area contributed by atoms with Crippen molar-refractivity contribution in [2.24, 2.45) is 5.92 Å². The third-order valence-corrected chi connectivity index (χ3v) is 4.44. The van der Waals surface area contributed by atoms with Crippen molar-refractivity contribution >= 4 is 11.8 Å². The summed E-state index contributed by atoms with van der Waals surface area (Å²) >= 11 is 1.95. The number of hydrogen-bond donors (Lipinski definition) is 1. The fourth-order valence-electron chi connectivity index (χ4n) is 2.71. The number of nitrogens with one attached hydrogen (secondary N) is 1. The minimum absolute atomic E-state index is 0.546. The van der Waals surface area contributed by atoms with Crippen LogP contribution in [0, 0.1) is 5.92 Å². The Kier molecular flexibility index (Phi) is 5.54. The molecule has 100 valence electrons. The highest BCUT2D eigenvalue weighted by atomic mass is 32.2. The zero-order valence-corrected chi connectivity index (χ0v) is 12.2. The molecule has 1 N–H and O–H groups in total. The molecular formula is C15H24N2S. The summed E-state index contributed by atoms with van der Waals surface area (Å²) in [7, 11) is 0. The van der Waals surface area contributed by atoms with Crippen molar-refractivity contribution in [2.75, 3.05) is 38.2 Å². The summed E-state index contributed by atoms with van der Waals surface area (Å²) in [5, 5.41) is 3.52. The lowest BCUT2D eigenvalue weighted by molar-refractivity contribution is 0.145. The number of piperazine rings is 1. The van der Waals surface area contributed by atoms with Crippen LogP contribution in [0.4, 0.5) is 0 Å². The number of rotatable bonds is 5. The fraction of sp³-hybridized carbons (Fsp3) is 0.600. The molecule has 2 atom stereocenters. The summed E-state index contributed by atoms with van der Waals surface area (Å²) in [6.45, 7) is 6.94. The smallest absolute Gasteiger partial charge is 0.0473 e. The van der Waals surface area contributed by atoms with Crippen LogP contribution in [0.3, 0.4) is 0 Å². The summed E-state index contributed by atoms with van der Waals surface area (Å²) in [6, 6.07) is 11.4. The Morgan fingerprint density at radius 3 is 2.89 bits per heavy atom. The molecule has 1 aromatic carbocycles. The van der Waals surface area contributed by atoms with Crippen LogP contribution >= 0.6 is 11.8 Å². The summed E-state index contributed by atoms with van der Waals surface area (Å²) < 4.78 is 0. The monoisotopic (exact) mass is 264 g/mol. The SMILES string of the molecule is CSCC(C)CN1CCNCC1c1ccccc1. The van der Waals surface area contributed by atoms with Crippen LogP contribution < -0.4 is 5.32 Å². The second-order valence-electron chi connectivity index (χ2n) is 5.19. The minimum atomic E-state index is 0.546. The van der Waals surface area contributed by atoms with Crippen LogP contribution in [0.15, 0.2) is 30.3 Å².